The van der Waals surface area contributed by atoms with Gasteiger partial charge in [-0.1, -0.05) is 13.0 Å². The molecule has 1 aromatic heterocycles. The van der Waals surface area contributed by atoms with Crippen molar-refractivity contribution in [2.75, 3.05) is 46.3 Å². The smallest absolute Gasteiger partial charge is 0.303 e. The minimum absolute atomic E-state index is 0.270. The topological polar surface area (TPSA) is 59.9 Å². The SMILES string of the molecule is CCc1ccc(CN2CC[C@H](N3CCN(C)CC3)[C@H](CCC(=O)O)C2)nc1. The van der Waals surface area contributed by atoms with Gasteiger partial charge in [-0.05, 0) is 43.9 Å². The van der Waals surface area contributed by atoms with Crippen LogP contribution in [-0.2, 0) is 17.8 Å². The lowest BCUT2D eigenvalue weighted by atomic mass is 9.86. The van der Waals surface area contributed by atoms with Crippen molar-refractivity contribution in [2.45, 2.75) is 45.2 Å². The van der Waals surface area contributed by atoms with E-state index >= 15 is 0 Å². The second-order valence-corrected chi connectivity index (χ2v) is 8.13. The second kappa shape index (κ2) is 9.62. The fourth-order valence-electron chi connectivity index (χ4n) is 4.45. The molecular weight excluding hydrogens is 340 g/mol. The van der Waals surface area contributed by atoms with Crippen LogP contribution in [0.5, 0.6) is 0 Å². The number of carboxylic acid groups (broad SMARTS) is 1. The summed E-state index contributed by atoms with van der Waals surface area (Å²) in [5, 5.41) is 9.18. The zero-order valence-corrected chi connectivity index (χ0v) is 16.8. The highest BCUT2D eigenvalue weighted by Gasteiger charge is 2.34. The van der Waals surface area contributed by atoms with Gasteiger partial charge in [0, 0.05) is 64.5 Å². The average Bonchev–Trinajstić information content (AvgIpc) is 2.68. The Morgan fingerprint density at radius 2 is 2.00 bits per heavy atom. The van der Waals surface area contributed by atoms with E-state index in [0.717, 1.165) is 70.8 Å². The van der Waals surface area contributed by atoms with Gasteiger partial charge in [0.15, 0.2) is 0 Å². The molecule has 2 atom stereocenters. The van der Waals surface area contributed by atoms with E-state index in [-0.39, 0.29) is 6.42 Å². The first-order chi connectivity index (χ1) is 13.0. The van der Waals surface area contributed by atoms with Crippen molar-refractivity contribution in [3.05, 3.63) is 29.6 Å². The zero-order chi connectivity index (χ0) is 19.2. The lowest BCUT2D eigenvalue weighted by Crippen LogP contribution is -2.56. The predicted molar refractivity (Wildman–Crippen MR) is 107 cm³/mol. The molecule has 3 rings (SSSR count). The molecule has 1 N–H and O–H groups in total. The maximum Gasteiger partial charge on any atom is 0.303 e. The maximum atomic E-state index is 11.2. The van der Waals surface area contributed by atoms with Crippen molar-refractivity contribution in [1.82, 2.24) is 19.7 Å². The lowest BCUT2D eigenvalue weighted by molar-refractivity contribution is -0.137. The van der Waals surface area contributed by atoms with Crippen LogP contribution in [0.4, 0.5) is 0 Å². The standard InChI is InChI=1S/C21H34N4O2/c1-3-17-4-6-19(22-14-17)16-24-9-8-20(18(15-24)5-7-21(26)27)25-12-10-23(2)11-13-25/h4,6,14,18,20H,3,5,7-13,15-16H2,1-2H3,(H,26,27)/t18-,20+/m1/s1. The molecule has 3 heterocycles. The first-order valence-electron chi connectivity index (χ1n) is 10.4. The summed E-state index contributed by atoms with van der Waals surface area (Å²) in [5.74, 6) is -0.255. The number of pyridine rings is 1. The van der Waals surface area contributed by atoms with Gasteiger partial charge in [0.25, 0.3) is 0 Å². The first-order valence-corrected chi connectivity index (χ1v) is 10.4. The molecule has 0 bridgehead atoms. The summed E-state index contributed by atoms with van der Waals surface area (Å²) in [6.45, 7) is 9.48. The second-order valence-electron chi connectivity index (χ2n) is 8.13. The number of aryl methyl sites for hydroxylation is 1. The van der Waals surface area contributed by atoms with Crippen LogP contribution in [-0.4, -0.2) is 83.1 Å². The Labute approximate surface area is 163 Å². The number of aliphatic carboxylic acids is 1. The van der Waals surface area contributed by atoms with E-state index in [1.54, 1.807) is 0 Å². The lowest BCUT2D eigenvalue weighted by Gasteiger charge is -2.46. The van der Waals surface area contributed by atoms with Gasteiger partial charge in [-0.3, -0.25) is 19.6 Å². The first kappa shape index (κ1) is 20.2. The van der Waals surface area contributed by atoms with Crippen molar-refractivity contribution in [3.63, 3.8) is 0 Å². The summed E-state index contributed by atoms with van der Waals surface area (Å²) >= 11 is 0. The van der Waals surface area contributed by atoms with Gasteiger partial charge in [-0.25, -0.2) is 0 Å². The molecule has 6 heteroatoms. The Morgan fingerprint density at radius 3 is 2.63 bits per heavy atom. The van der Waals surface area contributed by atoms with Gasteiger partial charge in [-0.2, -0.15) is 0 Å². The third kappa shape index (κ3) is 5.74. The van der Waals surface area contributed by atoms with Crippen LogP contribution in [0.15, 0.2) is 18.3 Å². The van der Waals surface area contributed by atoms with E-state index in [4.69, 9.17) is 0 Å². The normalized spacial score (nSPS) is 25.6. The molecule has 2 aliphatic rings. The summed E-state index contributed by atoms with van der Waals surface area (Å²) in [6, 6.07) is 4.82. The molecule has 0 aliphatic carbocycles. The summed E-state index contributed by atoms with van der Waals surface area (Å²) in [6.07, 6.45) is 5.16. The number of aromatic nitrogens is 1. The van der Waals surface area contributed by atoms with E-state index < -0.39 is 5.97 Å². The van der Waals surface area contributed by atoms with E-state index in [1.807, 2.05) is 6.20 Å². The Kier molecular flexibility index (Phi) is 7.21. The molecule has 0 radical (unpaired) electrons. The molecule has 0 saturated carbocycles. The molecule has 0 unspecified atom stereocenters. The number of hydrogen-bond acceptors (Lipinski definition) is 5. The number of hydrogen-bond donors (Lipinski definition) is 1. The van der Waals surface area contributed by atoms with Gasteiger partial charge >= 0.3 is 5.97 Å². The molecule has 2 aliphatic heterocycles. The molecule has 2 saturated heterocycles. The van der Waals surface area contributed by atoms with Crippen molar-refractivity contribution in [2.24, 2.45) is 5.92 Å². The van der Waals surface area contributed by atoms with Gasteiger partial charge in [0.05, 0.1) is 5.69 Å². The molecule has 2 fully saturated rings. The number of rotatable bonds is 7. The quantitative estimate of drug-likeness (QED) is 0.787. The number of piperazine rings is 1. The van der Waals surface area contributed by atoms with Crippen LogP contribution in [0.2, 0.25) is 0 Å². The Balaban J connectivity index is 1.61. The number of likely N-dealkylation sites (tertiary alicyclic amines) is 1. The Morgan fingerprint density at radius 1 is 1.22 bits per heavy atom. The van der Waals surface area contributed by atoms with Crippen LogP contribution >= 0.6 is 0 Å². The van der Waals surface area contributed by atoms with Crippen molar-refractivity contribution < 1.29 is 9.90 Å². The monoisotopic (exact) mass is 374 g/mol. The maximum absolute atomic E-state index is 11.2. The molecule has 27 heavy (non-hydrogen) atoms. The number of piperidine rings is 1. The van der Waals surface area contributed by atoms with E-state index in [9.17, 15) is 9.90 Å². The summed E-state index contributed by atoms with van der Waals surface area (Å²) in [5.41, 5.74) is 2.38. The number of nitrogens with zero attached hydrogens (tertiary/aromatic N) is 4. The Bertz CT molecular complexity index is 599. The highest BCUT2D eigenvalue weighted by Crippen LogP contribution is 2.28. The molecule has 1 aromatic rings. The number of carboxylic acids is 1. The minimum Gasteiger partial charge on any atom is -0.481 e. The summed E-state index contributed by atoms with van der Waals surface area (Å²) < 4.78 is 0. The fraction of sp³-hybridized carbons (Fsp3) is 0.714. The number of carbonyl (C=O) groups is 1. The van der Waals surface area contributed by atoms with Crippen LogP contribution in [0, 0.1) is 5.92 Å². The van der Waals surface area contributed by atoms with Crippen LogP contribution in [0.3, 0.4) is 0 Å². The molecule has 0 amide bonds. The van der Waals surface area contributed by atoms with Gasteiger partial charge in [-0.15, -0.1) is 0 Å². The van der Waals surface area contributed by atoms with Crippen molar-refractivity contribution in [3.8, 4) is 0 Å². The molecule has 0 aromatic carbocycles. The van der Waals surface area contributed by atoms with E-state index in [2.05, 4.69) is 45.8 Å². The predicted octanol–water partition coefficient (Wildman–Crippen LogP) is 1.95. The van der Waals surface area contributed by atoms with Gasteiger partial charge < -0.3 is 10.0 Å². The van der Waals surface area contributed by atoms with Crippen molar-refractivity contribution >= 4 is 5.97 Å². The molecule has 150 valence electrons. The largest absolute Gasteiger partial charge is 0.481 e. The van der Waals surface area contributed by atoms with Crippen LogP contribution in [0.1, 0.15) is 37.4 Å². The highest BCUT2D eigenvalue weighted by molar-refractivity contribution is 5.66. The highest BCUT2D eigenvalue weighted by atomic mass is 16.4. The zero-order valence-electron chi connectivity index (χ0n) is 16.8. The Hall–Kier alpha value is -1.50. The van der Waals surface area contributed by atoms with Gasteiger partial charge in [0.2, 0.25) is 0 Å². The summed E-state index contributed by atoms with van der Waals surface area (Å²) in [4.78, 5) is 23.2. The molecular formula is C21H34N4O2. The third-order valence-electron chi connectivity index (χ3n) is 6.19. The van der Waals surface area contributed by atoms with Crippen LogP contribution in [0.25, 0.3) is 0 Å². The van der Waals surface area contributed by atoms with Gasteiger partial charge in [0.1, 0.15) is 0 Å². The molecule has 0 spiro atoms. The third-order valence-corrected chi connectivity index (χ3v) is 6.19. The van der Waals surface area contributed by atoms with Crippen molar-refractivity contribution in [1.29, 1.82) is 0 Å². The fourth-order valence-corrected chi connectivity index (χ4v) is 4.45. The molecule has 6 nitrogen and oxygen atoms in total. The minimum atomic E-state index is -0.680. The summed E-state index contributed by atoms with van der Waals surface area (Å²) in [7, 11) is 2.18. The van der Waals surface area contributed by atoms with Crippen LogP contribution < -0.4 is 0 Å². The number of likely N-dealkylation sites (N-methyl/N-ethyl adjacent to an activating group) is 1. The average molecular weight is 375 g/mol. The van der Waals surface area contributed by atoms with E-state index in [1.165, 1.54) is 5.56 Å². The van der Waals surface area contributed by atoms with E-state index in [0.29, 0.717) is 12.0 Å².